The van der Waals surface area contributed by atoms with E-state index in [0.717, 1.165) is 87.1 Å². The predicted molar refractivity (Wildman–Crippen MR) is 289 cm³/mol. The Morgan fingerprint density at radius 3 is 2.47 bits per heavy atom. The first-order valence-electron chi connectivity index (χ1n) is 26.5. The summed E-state index contributed by atoms with van der Waals surface area (Å²) in [4.78, 5) is 65.6. The highest BCUT2D eigenvalue weighted by Gasteiger charge is 2.56. The van der Waals surface area contributed by atoms with E-state index in [-0.39, 0.29) is 41.6 Å². The summed E-state index contributed by atoms with van der Waals surface area (Å²) in [5, 5.41) is 16.6. The number of nitrogens with zero attached hydrogens (tertiary/aromatic N) is 7. The van der Waals surface area contributed by atoms with Gasteiger partial charge in [-0.3, -0.25) is 9.59 Å². The van der Waals surface area contributed by atoms with Crippen molar-refractivity contribution >= 4 is 41.4 Å². The molecule has 3 atom stereocenters. The summed E-state index contributed by atoms with van der Waals surface area (Å²) in [6.07, 6.45) is 18.6. The number of nitrogens with one attached hydrogen (secondary N) is 3. The SMILES string of the molecule is C#Cc1ccc(CNC(=O)C2CCCN2C(=O)C(NC(=O)N2CC3(CC(N4CCC(c5cnc(N6CCc7[nH]c(N)c(/C=C(\N)c8ccccc8O)c7C6C)nc5)CC4)C3)C2)C(C)(C)C)c(OCCCN(C)C)c1. The number of para-hydroxylation sites is 1. The van der Waals surface area contributed by atoms with E-state index in [1.807, 2.05) is 82.5 Å². The zero-order valence-corrected chi connectivity index (χ0v) is 44.1. The molecule has 1 aliphatic carbocycles. The number of fused-ring (bicyclic) bond motifs is 1. The zero-order chi connectivity index (χ0) is 52.5. The first kappa shape index (κ1) is 52.1. The molecule has 4 aromatic rings. The van der Waals surface area contributed by atoms with E-state index in [2.05, 4.69) is 43.2 Å². The second-order valence-electron chi connectivity index (χ2n) is 22.8. The molecule has 17 heteroatoms. The minimum absolute atomic E-state index is 0.0535. The van der Waals surface area contributed by atoms with Gasteiger partial charge < -0.3 is 61.4 Å². The van der Waals surface area contributed by atoms with Gasteiger partial charge >= 0.3 is 6.03 Å². The van der Waals surface area contributed by atoms with Crippen molar-refractivity contribution < 1.29 is 24.2 Å². The highest BCUT2D eigenvalue weighted by Crippen LogP contribution is 2.51. The summed E-state index contributed by atoms with van der Waals surface area (Å²) in [6.45, 7) is 14.2. The molecule has 8 N–H and O–H groups in total. The van der Waals surface area contributed by atoms with Gasteiger partial charge in [0.25, 0.3) is 0 Å². The highest BCUT2D eigenvalue weighted by molar-refractivity contribution is 5.93. The number of aromatic nitrogens is 3. The molecular formula is C57H76N12O5. The molecule has 4 fully saturated rings. The number of ether oxygens (including phenoxy) is 1. The number of nitrogens with two attached hydrogens (primary N) is 2. The van der Waals surface area contributed by atoms with Crippen molar-refractivity contribution in [3.05, 3.63) is 93.9 Å². The van der Waals surface area contributed by atoms with Crippen molar-refractivity contribution in [2.45, 2.75) is 116 Å². The molecule has 5 aliphatic rings. The summed E-state index contributed by atoms with van der Waals surface area (Å²) in [5.41, 5.74) is 19.2. The molecule has 3 unspecified atom stereocenters. The topological polar surface area (TPSA) is 215 Å². The minimum atomic E-state index is -0.796. The number of phenols is 1. The number of H-pyrrole nitrogens is 1. The van der Waals surface area contributed by atoms with E-state index in [4.69, 9.17) is 32.6 Å². The first-order chi connectivity index (χ1) is 35.4. The molecule has 0 radical (unpaired) electrons. The van der Waals surface area contributed by atoms with Gasteiger partial charge in [-0.1, -0.05) is 44.9 Å². The van der Waals surface area contributed by atoms with E-state index in [9.17, 15) is 19.5 Å². The Kier molecular flexibility index (Phi) is 15.2. The van der Waals surface area contributed by atoms with Crippen LogP contribution in [0.5, 0.6) is 11.5 Å². The summed E-state index contributed by atoms with van der Waals surface area (Å²) in [7, 11) is 4.04. The third-order valence-electron chi connectivity index (χ3n) is 16.2. The largest absolute Gasteiger partial charge is 0.507 e. The van der Waals surface area contributed by atoms with Crippen LogP contribution in [0.25, 0.3) is 11.8 Å². The maximum absolute atomic E-state index is 14.3. The maximum Gasteiger partial charge on any atom is 0.318 e. The molecule has 74 heavy (non-hydrogen) atoms. The molecule has 4 amide bonds. The molecule has 394 valence electrons. The fourth-order valence-electron chi connectivity index (χ4n) is 12.0. The second-order valence-corrected chi connectivity index (χ2v) is 22.8. The standard InChI is InChI=1S/C57H76N12O5/c1-8-37-16-17-39(48(27-37)74-26-12-21-65(6)7)31-60-52(71)46-14-11-22-69(46)53(72)50(56(3,4)5)64-55(73)67-34-57(35-67)29-41(30-57)66-23-18-38(19-24-66)40-32-61-54(62-33-40)68-25-20-45-49(36(68)2)43(51(59)63-45)28-44(58)42-13-9-10-15-47(42)70/h1,9-10,13,15-17,27-28,32-33,36,38,41,46,50,63,70H,11-12,14,18-26,29-31,34-35,58-59H2,2-7H3,(H,60,71)(H,64,73)/b44-28-. The van der Waals surface area contributed by atoms with Gasteiger partial charge in [0.15, 0.2) is 0 Å². The summed E-state index contributed by atoms with van der Waals surface area (Å²) in [5.74, 6) is 4.58. The molecule has 1 saturated carbocycles. The van der Waals surface area contributed by atoms with Crippen LogP contribution in [0.3, 0.4) is 0 Å². The number of aromatic hydroxyl groups is 1. The number of urea groups is 1. The Morgan fingerprint density at radius 2 is 1.78 bits per heavy atom. The van der Waals surface area contributed by atoms with Crippen LogP contribution in [-0.2, 0) is 22.6 Å². The van der Waals surface area contributed by atoms with Crippen LogP contribution in [0.4, 0.5) is 16.6 Å². The molecule has 1 spiro atoms. The molecule has 4 aliphatic heterocycles. The van der Waals surface area contributed by atoms with Gasteiger partial charge in [-0.05, 0) is 126 Å². The lowest BCUT2D eigenvalue weighted by molar-refractivity contribution is -0.142. The van der Waals surface area contributed by atoms with Crippen molar-refractivity contribution in [2.75, 3.05) is 77.1 Å². The number of aromatic amines is 1. The van der Waals surface area contributed by atoms with Gasteiger partial charge in [-0.15, -0.1) is 6.42 Å². The van der Waals surface area contributed by atoms with Crippen molar-refractivity contribution in [2.24, 2.45) is 16.6 Å². The Bertz CT molecular complexity index is 2750. The number of hydrogen-bond acceptors (Lipinski definition) is 12. The number of rotatable bonds is 15. The van der Waals surface area contributed by atoms with Crippen LogP contribution in [-0.4, -0.2) is 142 Å². The van der Waals surface area contributed by atoms with Crippen LogP contribution < -0.4 is 31.7 Å². The van der Waals surface area contributed by atoms with Gasteiger partial charge in [0, 0.05) is 109 Å². The van der Waals surface area contributed by atoms with Crippen LogP contribution in [0, 0.1) is 23.2 Å². The summed E-state index contributed by atoms with van der Waals surface area (Å²) < 4.78 is 6.10. The average molecular weight is 1010 g/mol. The Hall–Kier alpha value is -6.77. The van der Waals surface area contributed by atoms with Crippen LogP contribution in [0.1, 0.15) is 124 Å². The molecule has 9 rings (SSSR count). The fraction of sp³-hybridized carbons (Fsp3) is 0.526. The van der Waals surface area contributed by atoms with E-state index in [1.165, 1.54) is 5.56 Å². The molecule has 2 aromatic heterocycles. The number of carbonyl (C=O) groups excluding carboxylic acids is 3. The number of carbonyl (C=O) groups is 3. The van der Waals surface area contributed by atoms with Crippen LogP contribution in [0.15, 0.2) is 54.9 Å². The van der Waals surface area contributed by atoms with Gasteiger partial charge in [0.1, 0.15) is 29.4 Å². The quantitative estimate of drug-likeness (QED) is 0.0593. The monoisotopic (exact) mass is 1010 g/mol. The molecular weight excluding hydrogens is 933 g/mol. The van der Waals surface area contributed by atoms with Crippen LogP contribution in [0.2, 0.25) is 0 Å². The van der Waals surface area contributed by atoms with Gasteiger partial charge in [0.2, 0.25) is 17.8 Å². The van der Waals surface area contributed by atoms with Gasteiger partial charge in [-0.25, -0.2) is 14.8 Å². The minimum Gasteiger partial charge on any atom is -0.507 e. The molecule has 6 heterocycles. The molecule has 2 aromatic carbocycles. The predicted octanol–water partition coefficient (Wildman–Crippen LogP) is 6.06. The second kappa shape index (κ2) is 21.6. The molecule has 17 nitrogen and oxygen atoms in total. The smallest absolute Gasteiger partial charge is 0.318 e. The number of anilines is 2. The number of piperidine rings is 1. The van der Waals surface area contributed by atoms with Crippen molar-refractivity contribution in [1.29, 1.82) is 0 Å². The van der Waals surface area contributed by atoms with Crippen molar-refractivity contribution in [3.63, 3.8) is 0 Å². The summed E-state index contributed by atoms with van der Waals surface area (Å²) >= 11 is 0. The Labute approximate surface area is 436 Å². The van der Waals surface area contributed by atoms with Crippen molar-refractivity contribution in [3.8, 4) is 23.8 Å². The number of phenolic OH excluding ortho intramolecular Hbond substituents is 1. The zero-order valence-electron chi connectivity index (χ0n) is 44.1. The number of likely N-dealkylation sites (tertiary alicyclic amines) is 3. The lowest BCUT2D eigenvalue weighted by atomic mass is 9.60. The maximum atomic E-state index is 14.3. The Morgan fingerprint density at radius 1 is 1.05 bits per heavy atom. The van der Waals surface area contributed by atoms with Crippen molar-refractivity contribution in [1.82, 2.24) is 45.2 Å². The van der Waals surface area contributed by atoms with E-state index >= 15 is 0 Å². The number of hydrogen-bond donors (Lipinski definition) is 6. The normalized spacial score (nSPS) is 20.7. The van der Waals surface area contributed by atoms with Crippen LogP contribution >= 0.6 is 0 Å². The number of terminal acetylenes is 1. The highest BCUT2D eigenvalue weighted by atomic mass is 16.5. The van der Waals surface area contributed by atoms with E-state index in [1.54, 1.807) is 23.1 Å². The fourth-order valence-corrected chi connectivity index (χ4v) is 12.0. The third-order valence-corrected chi connectivity index (χ3v) is 16.2. The molecule has 3 saturated heterocycles. The van der Waals surface area contributed by atoms with E-state index in [0.29, 0.717) is 85.4 Å². The lowest BCUT2D eigenvalue weighted by Gasteiger charge is -2.61. The third kappa shape index (κ3) is 11.0. The van der Waals surface area contributed by atoms with Gasteiger partial charge in [-0.2, -0.15) is 0 Å². The lowest BCUT2D eigenvalue weighted by Crippen LogP contribution is -2.70. The number of nitrogen functional groups attached to an aromatic ring is 1. The Balaban J connectivity index is 0.730. The summed E-state index contributed by atoms with van der Waals surface area (Å²) in [6, 6.07) is 11.3. The number of amides is 4. The van der Waals surface area contributed by atoms with E-state index < -0.39 is 17.5 Å². The first-order valence-corrected chi connectivity index (χ1v) is 26.5. The van der Waals surface area contributed by atoms with Gasteiger partial charge in [0.05, 0.1) is 12.6 Å². The average Bonchev–Trinajstić information content (AvgIpc) is 3.98. The number of benzene rings is 2. The molecule has 0 bridgehead atoms.